The molecule has 11 aromatic rings. The maximum atomic E-state index is 6.68. The van der Waals surface area contributed by atoms with Gasteiger partial charge in [0, 0.05) is 27.3 Å². The lowest BCUT2D eigenvalue weighted by molar-refractivity contribution is 0.477. The van der Waals surface area contributed by atoms with E-state index in [1.54, 1.807) is 0 Å². The lowest BCUT2D eigenvalue weighted by Gasteiger charge is -2.32. The third kappa shape index (κ3) is 4.94. The lowest BCUT2D eigenvalue weighted by atomic mass is 9.92. The van der Waals surface area contributed by atoms with Crippen LogP contribution >= 0.6 is 0 Å². The molecule has 0 N–H and O–H groups in total. The van der Waals surface area contributed by atoms with Crippen molar-refractivity contribution in [1.29, 1.82) is 0 Å². The molecule has 0 radical (unpaired) electrons. The molecular weight excluding hydrogens is 701 g/mol. The first kappa shape index (κ1) is 31.5. The highest BCUT2D eigenvalue weighted by Crippen LogP contribution is 2.52. The Hall–Kier alpha value is -7.83. The SMILES string of the molecule is c1ccc(-c2nc(-c3ccc4oc5cc(-c6cccc7ccccc67)c6ccccc6c5c4c3)nc(N3c4ccccc4Oc4ccc5ccccc5c43)n2)cc1. The predicted molar refractivity (Wildman–Crippen MR) is 231 cm³/mol. The maximum Gasteiger partial charge on any atom is 0.239 e. The Balaban J connectivity index is 1.09. The molecule has 0 amide bonds. The Kier molecular flexibility index (Phi) is 6.83. The second-order valence-electron chi connectivity index (χ2n) is 14.4. The normalized spacial score (nSPS) is 12.3. The predicted octanol–water partition coefficient (Wildman–Crippen LogP) is 13.8. The first-order valence-electron chi connectivity index (χ1n) is 19.0. The van der Waals surface area contributed by atoms with Crippen molar-refractivity contribution >= 4 is 71.6 Å². The van der Waals surface area contributed by atoms with E-state index in [9.17, 15) is 0 Å². The van der Waals surface area contributed by atoms with Gasteiger partial charge in [-0.15, -0.1) is 0 Å². The van der Waals surface area contributed by atoms with Crippen LogP contribution in [-0.2, 0) is 0 Å². The van der Waals surface area contributed by atoms with E-state index in [2.05, 4.69) is 114 Å². The van der Waals surface area contributed by atoms with Crippen LogP contribution in [0.4, 0.5) is 17.3 Å². The van der Waals surface area contributed by atoms with Crippen LogP contribution in [-0.4, -0.2) is 15.0 Å². The van der Waals surface area contributed by atoms with Crippen molar-refractivity contribution in [3.8, 4) is 45.4 Å². The van der Waals surface area contributed by atoms with E-state index >= 15 is 0 Å². The van der Waals surface area contributed by atoms with Gasteiger partial charge in [-0.2, -0.15) is 9.97 Å². The van der Waals surface area contributed by atoms with Crippen molar-refractivity contribution in [2.45, 2.75) is 0 Å². The Bertz CT molecular complexity index is 3410. The van der Waals surface area contributed by atoms with Gasteiger partial charge >= 0.3 is 0 Å². The van der Waals surface area contributed by atoms with Crippen LogP contribution in [0.15, 0.2) is 186 Å². The summed E-state index contributed by atoms with van der Waals surface area (Å²) in [6, 6.07) is 62.6. The molecule has 1 aliphatic rings. The fourth-order valence-electron chi connectivity index (χ4n) is 8.50. The molecule has 0 saturated carbocycles. The molecule has 0 atom stereocenters. The van der Waals surface area contributed by atoms with Crippen LogP contribution in [0.1, 0.15) is 0 Å². The zero-order chi connectivity index (χ0) is 37.5. The van der Waals surface area contributed by atoms with Crippen LogP contribution in [0.25, 0.3) is 88.2 Å². The van der Waals surface area contributed by atoms with Gasteiger partial charge < -0.3 is 9.15 Å². The first-order chi connectivity index (χ1) is 28.2. The van der Waals surface area contributed by atoms with Crippen molar-refractivity contribution in [3.63, 3.8) is 0 Å². The average Bonchev–Trinajstić information content (AvgIpc) is 3.66. The molecular formula is C51H30N4O2. The number of rotatable bonds is 4. The van der Waals surface area contributed by atoms with Crippen LogP contribution in [0.2, 0.25) is 0 Å². The van der Waals surface area contributed by atoms with Gasteiger partial charge in [0.05, 0.1) is 11.4 Å². The summed E-state index contributed by atoms with van der Waals surface area (Å²) in [6.45, 7) is 0. The van der Waals surface area contributed by atoms with Crippen molar-refractivity contribution in [3.05, 3.63) is 182 Å². The summed E-state index contributed by atoms with van der Waals surface area (Å²) < 4.78 is 13.2. The van der Waals surface area contributed by atoms with Crippen molar-refractivity contribution in [2.24, 2.45) is 0 Å². The highest BCUT2D eigenvalue weighted by Gasteiger charge is 2.30. The van der Waals surface area contributed by atoms with E-state index in [0.29, 0.717) is 17.6 Å². The van der Waals surface area contributed by atoms with E-state index in [1.165, 1.54) is 21.7 Å². The molecule has 2 aromatic heterocycles. The van der Waals surface area contributed by atoms with E-state index in [-0.39, 0.29) is 0 Å². The second kappa shape index (κ2) is 12.3. The molecule has 266 valence electrons. The van der Waals surface area contributed by atoms with E-state index in [4.69, 9.17) is 24.1 Å². The number of hydrogen-bond donors (Lipinski definition) is 0. The molecule has 0 aliphatic carbocycles. The minimum atomic E-state index is 0.495. The van der Waals surface area contributed by atoms with Gasteiger partial charge in [0.2, 0.25) is 5.95 Å². The molecule has 9 aromatic carbocycles. The van der Waals surface area contributed by atoms with Gasteiger partial charge in [-0.25, -0.2) is 4.98 Å². The highest BCUT2D eigenvalue weighted by molar-refractivity contribution is 6.23. The van der Waals surface area contributed by atoms with E-state index in [1.807, 2.05) is 72.8 Å². The summed E-state index contributed by atoms with van der Waals surface area (Å²) in [7, 11) is 0. The van der Waals surface area contributed by atoms with Crippen LogP contribution in [0, 0.1) is 0 Å². The van der Waals surface area contributed by atoms with Crippen LogP contribution < -0.4 is 9.64 Å². The molecule has 6 nitrogen and oxygen atoms in total. The van der Waals surface area contributed by atoms with Crippen LogP contribution in [0.5, 0.6) is 11.5 Å². The number of para-hydroxylation sites is 2. The third-order valence-electron chi connectivity index (χ3n) is 11.1. The van der Waals surface area contributed by atoms with Gasteiger partial charge in [-0.05, 0) is 80.5 Å². The molecule has 0 unspecified atom stereocenters. The molecule has 6 heteroatoms. The Morgan fingerprint density at radius 2 is 1.09 bits per heavy atom. The largest absolute Gasteiger partial charge is 0.456 e. The Labute approximate surface area is 326 Å². The summed E-state index contributed by atoms with van der Waals surface area (Å²) in [6.07, 6.45) is 0. The summed E-state index contributed by atoms with van der Waals surface area (Å²) in [5, 5.41) is 8.90. The molecule has 0 saturated heterocycles. The molecule has 0 bridgehead atoms. The lowest BCUT2D eigenvalue weighted by Crippen LogP contribution is -2.19. The number of furan rings is 1. The summed E-state index contributed by atoms with van der Waals surface area (Å²) >= 11 is 0. The topological polar surface area (TPSA) is 64.3 Å². The Morgan fingerprint density at radius 1 is 0.404 bits per heavy atom. The monoisotopic (exact) mass is 730 g/mol. The van der Waals surface area contributed by atoms with Gasteiger partial charge in [-0.3, -0.25) is 4.90 Å². The second-order valence-corrected chi connectivity index (χ2v) is 14.4. The summed E-state index contributed by atoms with van der Waals surface area (Å²) in [4.78, 5) is 17.7. The van der Waals surface area contributed by atoms with Crippen molar-refractivity contribution < 1.29 is 9.15 Å². The first-order valence-corrected chi connectivity index (χ1v) is 19.0. The van der Waals surface area contributed by atoms with E-state index < -0.39 is 0 Å². The molecule has 1 aliphatic heterocycles. The number of ether oxygens (including phenoxy) is 1. The number of aromatic nitrogens is 3. The summed E-state index contributed by atoms with van der Waals surface area (Å²) in [5.74, 6) is 3.08. The average molecular weight is 731 g/mol. The fraction of sp³-hybridized carbons (Fsp3) is 0. The highest BCUT2D eigenvalue weighted by atomic mass is 16.5. The number of hydrogen-bond acceptors (Lipinski definition) is 6. The molecule has 0 fully saturated rings. The van der Waals surface area contributed by atoms with Crippen molar-refractivity contribution in [2.75, 3.05) is 4.90 Å². The molecule has 12 rings (SSSR count). The number of benzene rings is 9. The Morgan fingerprint density at radius 3 is 1.95 bits per heavy atom. The van der Waals surface area contributed by atoms with Gasteiger partial charge in [0.15, 0.2) is 23.1 Å². The fourth-order valence-corrected chi connectivity index (χ4v) is 8.50. The smallest absolute Gasteiger partial charge is 0.239 e. The quantitative estimate of drug-likeness (QED) is 0.180. The minimum Gasteiger partial charge on any atom is -0.456 e. The molecule has 57 heavy (non-hydrogen) atoms. The molecule has 0 spiro atoms. The number of nitrogens with zero attached hydrogens (tertiary/aromatic N) is 4. The van der Waals surface area contributed by atoms with Crippen molar-refractivity contribution in [1.82, 2.24) is 15.0 Å². The van der Waals surface area contributed by atoms with Gasteiger partial charge in [-0.1, -0.05) is 140 Å². The summed E-state index contributed by atoms with van der Waals surface area (Å²) in [5.41, 5.74) is 7.43. The van der Waals surface area contributed by atoms with Crippen LogP contribution in [0.3, 0.4) is 0 Å². The zero-order valence-electron chi connectivity index (χ0n) is 30.4. The zero-order valence-corrected chi connectivity index (χ0v) is 30.4. The maximum absolute atomic E-state index is 6.68. The van der Waals surface area contributed by atoms with E-state index in [0.717, 1.165) is 77.7 Å². The standard InChI is InChI=1S/C51H30N4O2/c1-2-15-33(16-3-1)49-52-50(54-51(53-49)55-42-23-10-11-24-44(42)57-45-28-25-32-14-5-7-19-36(32)48(45)55)34-26-27-43-41(29-34)47-39-21-9-8-20-38(39)40(30-46(47)56-43)37-22-12-17-31-13-4-6-18-35(31)37/h1-30H. The minimum absolute atomic E-state index is 0.495. The number of anilines is 3. The molecule has 3 heterocycles. The number of fused-ring (bicyclic) bond motifs is 10. The van der Waals surface area contributed by atoms with Gasteiger partial charge in [0.25, 0.3) is 0 Å². The van der Waals surface area contributed by atoms with Gasteiger partial charge in [0.1, 0.15) is 11.2 Å². The third-order valence-corrected chi connectivity index (χ3v) is 11.1.